The zero-order chi connectivity index (χ0) is 26.7. The Morgan fingerprint density at radius 1 is 0.583 bits per heavy atom. The number of nitrogens with one attached hydrogen (secondary N) is 1. The molecule has 0 aromatic heterocycles. The van der Waals surface area contributed by atoms with Crippen molar-refractivity contribution in [1.29, 1.82) is 0 Å². The van der Waals surface area contributed by atoms with Crippen LogP contribution in [0.25, 0.3) is 0 Å². The monoisotopic (exact) mass is 511 g/mol. The van der Waals surface area contributed by atoms with Crippen LogP contribution in [-0.2, 0) is 4.79 Å². The predicted octanol–water partition coefficient (Wildman–Crippen LogP) is 8.34. The SMILES string of the molecule is CCCCCCCCCCCCCCN(CC)CCC(=O)NCCC[N+](CC)(CCCC)CCCC. The molecule has 36 heavy (non-hydrogen) atoms. The molecule has 0 saturated heterocycles. The molecule has 0 bridgehead atoms. The van der Waals surface area contributed by atoms with E-state index in [0.717, 1.165) is 32.6 Å². The largest absolute Gasteiger partial charge is 0.356 e. The molecule has 0 atom stereocenters. The van der Waals surface area contributed by atoms with Crippen LogP contribution >= 0.6 is 0 Å². The molecule has 216 valence electrons. The molecule has 0 aromatic rings. The van der Waals surface area contributed by atoms with Gasteiger partial charge in [0.05, 0.1) is 26.2 Å². The number of nitrogens with zero attached hydrogens (tertiary/aromatic N) is 2. The minimum Gasteiger partial charge on any atom is -0.356 e. The van der Waals surface area contributed by atoms with Gasteiger partial charge in [-0.1, -0.05) is 111 Å². The first-order valence-electron chi connectivity index (χ1n) is 16.4. The Morgan fingerprint density at radius 2 is 1.06 bits per heavy atom. The minimum absolute atomic E-state index is 0.236. The van der Waals surface area contributed by atoms with Crippen molar-refractivity contribution in [3.05, 3.63) is 0 Å². The molecule has 0 aliphatic heterocycles. The van der Waals surface area contributed by atoms with Crippen molar-refractivity contribution in [2.75, 3.05) is 52.4 Å². The second-order valence-corrected chi connectivity index (χ2v) is 11.3. The molecule has 0 aliphatic carbocycles. The van der Waals surface area contributed by atoms with E-state index in [0.29, 0.717) is 6.42 Å². The summed E-state index contributed by atoms with van der Waals surface area (Å²) in [6.45, 7) is 20.4. The van der Waals surface area contributed by atoms with Gasteiger partial charge < -0.3 is 14.7 Å². The summed E-state index contributed by atoms with van der Waals surface area (Å²) in [7, 11) is 0. The molecule has 0 saturated carbocycles. The van der Waals surface area contributed by atoms with Crippen LogP contribution in [0.5, 0.6) is 0 Å². The van der Waals surface area contributed by atoms with E-state index in [4.69, 9.17) is 0 Å². The topological polar surface area (TPSA) is 32.3 Å². The highest BCUT2D eigenvalue weighted by atomic mass is 16.1. The van der Waals surface area contributed by atoms with Gasteiger partial charge in [-0.3, -0.25) is 4.79 Å². The molecule has 1 N–H and O–H groups in total. The quantitative estimate of drug-likeness (QED) is 0.0847. The molecule has 0 radical (unpaired) electrons. The maximum atomic E-state index is 12.4. The maximum absolute atomic E-state index is 12.4. The van der Waals surface area contributed by atoms with Gasteiger partial charge in [-0.05, 0) is 39.3 Å². The first kappa shape index (κ1) is 35.4. The number of hydrogen-bond donors (Lipinski definition) is 1. The third-order valence-electron chi connectivity index (χ3n) is 8.20. The summed E-state index contributed by atoms with van der Waals surface area (Å²) in [5.41, 5.74) is 0. The standard InChI is InChI=1S/C32H67N3O/c1-6-11-14-15-16-17-18-19-20-21-22-23-27-34(9-4)28-25-32(36)33-26-24-31-35(10-5,29-12-7-2)30-13-8-3/h6-31H2,1-5H3/p+1. The molecule has 0 aliphatic rings. The zero-order valence-electron chi connectivity index (χ0n) is 25.7. The lowest BCUT2D eigenvalue weighted by Gasteiger charge is -2.38. The van der Waals surface area contributed by atoms with Crippen molar-refractivity contribution in [2.24, 2.45) is 0 Å². The number of amides is 1. The summed E-state index contributed by atoms with van der Waals surface area (Å²) < 4.78 is 1.24. The summed E-state index contributed by atoms with van der Waals surface area (Å²) in [6, 6.07) is 0. The van der Waals surface area contributed by atoms with Gasteiger partial charge in [0.2, 0.25) is 5.91 Å². The van der Waals surface area contributed by atoms with Crippen LogP contribution in [-0.4, -0.2) is 67.6 Å². The molecule has 0 rings (SSSR count). The van der Waals surface area contributed by atoms with E-state index in [1.54, 1.807) is 0 Å². The van der Waals surface area contributed by atoms with Crippen molar-refractivity contribution in [3.8, 4) is 0 Å². The van der Waals surface area contributed by atoms with Gasteiger partial charge in [0.1, 0.15) is 0 Å². The molecule has 0 spiro atoms. The Morgan fingerprint density at radius 3 is 1.53 bits per heavy atom. The van der Waals surface area contributed by atoms with Crippen molar-refractivity contribution in [3.63, 3.8) is 0 Å². The zero-order valence-corrected chi connectivity index (χ0v) is 25.7. The van der Waals surface area contributed by atoms with E-state index >= 15 is 0 Å². The Balaban J connectivity index is 3.87. The van der Waals surface area contributed by atoms with Crippen LogP contribution in [0, 0.1) is 0 Å². The molecule has 4 nitrogen and oxygen atoms in total. The van der Waals surface area contributed by atoms with Crippen LogP contribution in [0.2, 0.25) is 0 Å². The normalized spacial score (nSPS) is 11.9. The lowest BCUT2D eigenvalue weighted by molar-refractivity contribution is -0.927. The predicted molar refractivity (Wildman–Crippen MR) is 161 cm³/mol. The number of rotatable bonds is 28. The van der Waals surface area contributed by atoms with Crippen molar-refractivity contribution in [2.45, 2.75) is 150 Å². The average molecular weight is 511 g/mol. The average Bonchev–Trinajstić information content (AvgIpc) is 2.90. The lowest BCUT2D eigenvalue weighted by atomic mass is 10.1. The lowest BCUT2D eigenvalue weighted by Crippen LogP contribution is -2.50. The highest BCUT2D eigenvalue weighted by Gasteiger charge is 2.23. The van der Waals surface area contributed by atoms with Crippen LogP contribution in [0.3, 0.4) is 0 Å². The van der Waals surface area contributed by atoms with Gasteiger partial charge in [0, 0.05) is 25.9 Å². The van der Waals surface area contributed by atoms with Gasteiger partial charge >= 0.3 is 0 Å². The van der Waals surface area contributed by atoms with Gasteiger partial charge in [0.15, 0.2) is 0 Å². The molecular weight excluding hydrogens is 442 g/mol. The first-order chi connectivity index (χ1) is 17.6. The summed E-state index contributed by atoms with van der Waals surface area (Å²) >= 11 is 0. The van der Waals surface area contributed by atoms with E-state index in [-0.39, 0.29) is 5.91 Å². The molecule has 0 aromatic carbocycles. The smallest absolute Gasteiger partial charge is 0.221 e. The molecule has 0 heterocycles. The summed E-state index contributed by atoms with van der Waals surface area (Å²) in [4.78, 5) is 14.9. The van der Waals surface area contributed by atoms with Crippen molar-refractivity contribution >= 4 is 5.91 Å². The van der Waals surface area contributed by atoms with Crippen LogP contribution < -0.4 is 5.32 Å². The number of unbranched alkanes of at least 4 members (excludes halogenated alkanes) is 13. The number of hydrogen-bond acceptors (Lipinski definition) is 2. The first-order valence-corrected chi connectivity index (χ1v) is 16.4. The molecule has 0 unspecified atom stereocenters. The van der Waals surface area contributed by atoms with Crippen molar-refractivity contribution in [1.82, 2.24) is 10.2 Å². The number of carbonyl (C=O) groups is 1. The van der Waals surface area contributed by atoms with Gasteiger partial charge in [-0.15, -0.1) is 0 Å². The summed E-state index contributed by atoms with van der Waals surface area (Å²) in [5, 5.41) is 3.21. The highest BCUT2D eigenvalue weighted by molar-refractivity contribution is 5.75. The van der Waals surface area contributed by atoms with Crippen LogP contribution in [0.15, 0.2) is 0 Å². The van der Waals surface area contributed by atoms with Crippen LogP contribution in [0.1, 0.15) is 150 Å². The number of quaternary nitrogens is 1. The van der Waals surface area contributed by atoms with Gasteiger partial charge in [-0.2, -0.15) is 0 Å². The fraction of sp³-hybridized carbons (Fsp3) is 0.969. The number of carbonyl (C=O) groups excluding carboxylic acids is 1. The Bertz CT molecular complexity index is 460. The van der Waals surface area contributed by atoms with E-state index in [1.807, 2.05) is 0 Å². The Kier molecular flexibility index (Phi) is 25.6. The third kappa shape index (κ3) is 20.4. The highest BCUT2D eigenvalue weighted by Crippen LogP contribution is 2.14. The second-order valence-electron chi connectivity index (χ2n) is 11.3. The van der Waals surface area contributed by atoms with E-state index in [2.05, 4.69) is 44.8 Å². The fourth-order valence-electron chi connectivity index (χ4n) is 5.39. The van der Waals surface area contributed by atoms with E-state index in [9.17, 15) is 4.79 Å². The van der Waals surface area contributed by atoms with Crippen molar-refractivity contribution < 1.29 is 9.28 Å². The molecule has 0 fully saturated rings. The molecular formula is C32H68N3O+. The summed E-state index contributed by atoms with van der Waals surface area (Å²) in [6.07, 6.45) is 23.7. The van der Waals surface area contributed by atoms with Gasteiger partial charge in [-0.25, -0.2) is 0 Å². The Hall–Kier alpha value is -0.610. The summed E-state index contributed by atoms with van der Waals surface area (Å²) in [5.74, 6) is 0.236. The van der Waals surface area contributed by atoms with E-state index in [1.165, 1.54) is 133 Å². The fourth-order valence-corrected chi connectivity index (χ4v) is 5.39. The Labute approximate surface area is 227 Å². The second kappa shape index (κ2) is 26.0. The van der Waals surface area contributed by atoms with Gasteiger partial charge in [0.25, 0.3) is 0 Å². The third-order valence-corrected chi connectivity index (χ3v) is 8.20. The minimum atomic E-state index is 0.236. The van der Waals surface area contributed by atoms with Crippen LogP contribution in [0.4, 0.5) is 0 Å². The maximum Gasteiger partial charge on any atom is 0.221 e. The van der Waals surface area contributed by atoms with E-state index < -0.39 is 0 Å². The molecule has 4 heteroatoms. The molecule has 1 amide bonds.